The van der Waals surface area contributed by atoms with Crippen LogP contribution in [0.1, 0.15) is 12.6 Å². The molecule has 0 fully saturated rings. The second-order valence-electron chi connectivity index (χ2n) is 3.59. The van der Waals surface area contributed by atoms with Gasteiger partial charge in [0.05, 0.1) is 6.61 Å². The molecular weight excluding hydrogens is 249 g/mol. The summed E-state index contributed by atoms with van der Waals surface area (Å²) in [5.74, 6) is -0.280. The Balaban J connectivity index is 2.85. The highest BCUT2D eigenvalue weighted by Crippen LogP contribution is 2.29. The Hall–Kier alpha value is -1.57. The van der Waals surface area contributed by atoms with Gasteiger partial charge < -0.3 is 15.4 Å². The highest BCUT2D eigenvalue weighted by Gasteiger charge is 2.33. The normalized spacial score (nSPS) is 11.6. The van der Waals surface area contributed by atoms with Gasteiger partial charge in [0, 0.05) is 26.3 Å². The molecule has 1 heterocycles. The Morgan fingerprint density at radius 2 is 2.06 bits per heavy atom. The van der Waals surface area contributed by atoms with E-state index in [0.717, 1.165) is 6.07 Å². The molecule has 0 saturated carbocycles. The first kappa shape index (κ1) is 14.5. The first-order valence-corrected chi connectivity index (χ1v) is 5.35. The van der Waals surface area contributed by atoms with Crippen molar-refractivity contribution in [3.8, 4) is 0 Å². The molecule has 18 heavy (non-hydrogen) atoms. The summed E-state index contributed by atoms with van der Waals surface area (Å²) >= 11 is 0. The molecule has 0 bridgehead atoms. The van der Waals surface area contributed by atoms with Gasteiger partial charge in [-0.3, -0.25) is 0 Å². The van der Waals surface area contributed by atoms with E-state index in [0.29, 0.717) is 19.8 Å². The summed E-state index contributed by atoms with van der Waals surface area (Å²) in [5.41, 5.74) is 4.22. The Labute approximate surface area is 103 Å². The van der Waals surface area contributed by atoms with Crippen molar-refractivity contribution in [3.63, 3.8) is 0 Å². The number of likely N-dealkylation sites (N-methyl/N-ethyl adjacent to an activating group) is 1. The first-order valence-electron chi connectivity index (χ1n) is 5.35. The quantitative estimate of drug-likeness (QED) is 0.817. The number of alkyl halides is 3. The first-order chi connectivity index (χ1) is 8.34. The lowest BCUT2D eigenvalue weighted by molar-refractivity contribution is -0.141. The van der Waals surface area contributed by atoms with Gasteiger partial charge in [0.2, 0.25) is 5.95 Å². The molecule has 1 rings (SSSR count). The van der Waals surface area contributed by atoms with Gasteiger partial charge in [0.1, 0.15) is 5.82 Å². The SMILES string of the molecule is CCOCCN(C)c1cc(C(F)(F)F)nc(N)n1. The van der Waals surface area contributed by atoms with Crippen LogP contribution >= 0.6 is 0 Å². The van der Waals surface area contributed by atoms with E-state index in [1.807, 2.05) is 6.92 Å². The monoisotopic (exact) mass is 264 g/mol. The Bertz CT molecular complexity index is 397. The van der Waals surface area contributed by atoms with Crippen molar-refractivity contribution in [2.24, 2.45) is 0 Å². The van der Waals surface area contributed by atoms with Gasteiger partial charge in [-0.25, -0.2) is 4.98 Å². The van der Waals surface area contributed by atoms with Crippen LogP contribution < -0.4 is 10.6 Å². The van der Waals surface area contributed by atoms with Gasteiger partial charge in [-0.05, 0) is 6.92 Å². The molecule has 0 atom stereocenters. The highest BCUT2D eigenvalue weighted by atomic mass is 19.4. The number of nitrogen functional groups attached to an aromatic ring is 1. The maximum atomic E-state index is 12.5. The number of hydrogen-bond donors (Lipinski definition) is 1. The Morgan fingerprint density at radius 1 is 1.39 bits per heavy atom. The number of nitrogens with two attached hydrogens (primary N) is 1. The number of ether oxygens (including phenoxy) is 1. The van der Waals surface area contributed by atoms with Crippen molar-refractivity contribution >= 4 is 11.8 Å². The summed E-state index contributed by atoms with van der Waals surface area (Å²) in [5, 5.41) is 0. The minimum atomic E-state index is -4.54. The van der Waals surface area contributed by atoms with Crippen molar-refractivity contribution in [2.45, 2.75) is 13.1 Å². The molecule has 0 spiro atoms. The third kappa shape index (κ3) is 4.02. The summed E-state index contributed by atoms with van der Waals surface area (Å²) in [6.07, 6.45) is -4.54. The standard InChI is InChI=1S/C10H15F3N4O/c1-3-18-5-4-17(2)8-6-7(10(11,12)13)15-9(14)16-8/h6H,3-5H2,1-2H3,(H2,14,15,16). The van der Waals surface area contributed by atoms with E-state index < -0.39 is 17.8 Å². The molecule has 102 valence electrons. The van der Waals surface area contributed by atoms with E-state index >= 15 is 0 Å². The lowest BCUT2D eigenvalue weighted by Gasteiger charge is -2.19. The van der Waals surface area contributed by atoms with Crippen molar-refractivity contribution < 1.29 is 17.9 Å². The molecular formula is C10H15F3N4O. The van der Waals surface area contributed by atoms with Crippen LogP contribution in [0.2, 0.25) is 0 Å². The smallest absolute Gasteiger partial charge is 0.380 e. The molecule has 0 aromatic carbocycles. The number of nitrogens with zero attached hydrogens (tertiary/aromatic N) is 3. The van der Waals surface area contributed by atoms with Crippen LogP contribution in [0.5, 0.6) is 0 Å². The zero-order valence-corrected chi connectivity index (χ0v) is 10.2. The largest absolute Gasteiger partial charge is 0.433 e. The second-order valence-corrected chi connectivity index (χ2v) is 3.59. The fourth-order valence-electron chi connectivity index (χ4n) is 1.25. The average molecular weight is 264 g/mol. The summed E-state index contributed by atoms with van der Waals surface area (Å²) in [7, 11) is 1.61. The third-order valence-corrected chi connectivity index (χ3v) is 2.19. The number of aromatic nitrogens is 2. The fourth-order valence-corrected chi connectivity index (χ4v) is 1.25. The minimum Gasteiger partial charge on any atom is -0.380 e. The fraction of sp³-hybridized carbons (Fsp3) is 0.600. The summed E-state index contributed by atoms with van der Waals surface area (Å²) in [4.78, 5) is 8.46. The van der Waals surface area contributed by atoms with Crippen molar-refractivity contribution in [2.75, 3.05) is 37.4 Å². The lowest BCUT2D eigenvalue weighted by atomic mass is 10.3. The molecule has 1 aromatic heterocycles. The number of anilines is 2. The van der Waals surface area contributed by atoms with Gasteiger partial charge in [-0.2, -0.15) is 18.2 Å². The lowest BCUT2D eigenvalue weighted by Crippen LogP contribution is -2.25. The van der Waals surface area contributed by atoms with Crippen molar-refractivity contribution in [1.82, 2.24) is 9.97 Å². The Kier molecular flexibility index (Phi) is 4.71. The van der Waals surface area contributed by atoms with Gasteiger partial charge in [-0.1, -0.05) is 0 Å². The molecule has 5 nitrogen and oxygen atoms in total. The average Bonchev–Trinajstić information content (AvgIpc) is 2.27. The third-order valence-electron chi connectivity index (χ3n) is 2.19. The van der Waals surface area contributed by atoms with Crippen LogP contribution in [-0.2, 0) is 10.9 Å². The van der Waals surface area contributed by atoms with Gasteiger partial charge in [0.25, 0.3) is 0 Å². The summed E-state index contributed by atoms with van der Waals surface area (Å²) < 4.78 is 42.7. The predicted octanol–water partition coefficient (Wildman–Crippen LogP) is 1.55. The molecule has 8 heteroatoms. The topological polar surface area (TPSA) is 64.3 Å². The molecule has 0 aliphatic carbocycles. The van der Waals surface area contributed by atoms with Gasteiger partial charge >= 0.3 is 6.18 Å². The van der Waals surface area contributed by atoms with E-state index in [1.165, 1.54) is 4.90 Å². The zero-order valence-electron chi connectivity index (χ0n) is 10.2. The Morgan fingerprint density at radius 3 is 2.61 bits per heavy atom. The number of rotatable bonds is 5. The van der Waals surface area contributed by atoms with E-state index in [-0.39, 0.29) is 5.82 Å². The zero-order chi connectivity index (χ0) is 13.8. The minimum absolute atomic E-state index is 0.120. The van der Waals surface area contributed by atoms with E-state index in [4.69, 9.17) is 10.5 Å². The number of halogens is 3. The summed E-state index contributed by atoms with van der Waals surface area (Å²) in [6, 6.07) is 0.863. The molecule has 0 aliphatic rings. The van der Waals surface area contributed by atoms with Gasteiger partial charge in [0.15, 0.2) is 5.69 Å². The van der Waals surface area contributed by atoms with Crippen LogP contribution in [0.4, 0.5) is 24.9 Å². The van der Waals surface area contributed by atoms with Crippen LogP contribution in [0.3, 0.4) is 0 Å². The molecule has 1 aromatic rings. The van der Waals surface area contributed by atoms with Crippen LogP contribution in [0.15, 0.2) is 6.07 Å². The number of hydrogen-bond acceptors (Lipinski definition) is 5. The predicted molar refractivity (Wildman–Crippen MR) is 61.2 cm³/mol. The second kappa shape index (κ2) is 5.85. The van der Waals surface area contributed by atoms with Crippen LogP contribution in [-0.4, -0.2) is 36.8 Å². The van der Waals surface area contributed by atoms with Crippen LogP contribution in [0, 0.1) is 0 Å². The molecule has 2 N–H and O–H groups in total. The van der Waals surface area contributed by atoms with E-state index in [1.54, 1.807) is 7.05 Å². The van der Waals surface area contributed by atoms with Crippen molar-refractivity contribution in [3.05, 3.63) is 11.8 Å². The molecule has 0 saturated heterocycles. The molecule has 0 amide bonds. The van der Waals surface area contributed by atoms with Crippen LogP contribution in [0.25, 0.3) is 0 Å². The maximum absolute atomic E-state index is 12.5. The molecule has 0 aliphatic heterocycles. The maximum Gasteiger partial charge on any atom is 0.433 e. The van der Waals surface area contributed by atoms with E-state index in [2.05, 4.69) is 9.97 Å². The summed E-state index contributed by atoms with van der Waals surface area (Å²) in [6.45, 7) is 3.21. The highest BCUT2D eigenvalue weighted by molar-refractivity contribution is 5.43. The van der Waals surface area contributed by atoms with Crippen molar-refractivity contribution in [1.29, 1.82) is 0 Å². The van der Waals surface area contributed by atoms with Gasteiger partial charge in [-0.15, -0.1) is 0 Å². The molecule has 0 unspecified atom stereocenters. The molecule has 0 radical (unpaired) electrons. The van der Waals surface area contributed by atoms with E-state index in [9.17, 15) is 13.2 Å².